The summed E-state index contributed by atoms with van der Waals surface area (Å²) >= 11 is 6.35. The van der Waals surface area contributed by atoms with Gasteiger partial charge in [-0.1, -0.05) is 79.1 Å². The van der Waals surface area contributed by atoms with E-state index in [1.807, 2.05) is 0 Å². The van der Waals surface area contributed by atoms with Crippen molar-refractivity contribution in [3.05, 3.63) is 83.3 Å². The lowest BCUT2D eigenvalue weighted by Gasteiger charge is -2.27. The van der Waals surface area contributed by atoms with Gasteiger partial charge >= 0.3 is 0 Å². The zero-order chi connectivity index (χ0) is 20.1. The molecule has 1 atom stereocenters. The van der Waals surface area contributed by atoms with Crippen molar-refractivity contribution in [1.29, 1.82) is 0 Å². The van der Waals surface area contributed by atoms with Gasteiger partial charge in [0.15, 0.2) is 0 Å². The van der Waals surface area contributed by atoms with Crippen LogP contribution in [0.1, 0.15) is 17.2 Å². The highest BCUT2D eigenvalue weighted by molar-refractivity contribution is 8.26. The first-order valence-electron chi connectivity index (χ1n) is 8.38. The van der Waals surface area contributed by atoms with Crippen molar-refractivity contribution >= 4 is 46.3 Å². The van der Waals surface area contributed by atoms with Crippen LogP contribution in [0.3, 0.4) is 0 Å². The zero-order valence-electron chi connectivity index (χ0n) is 14.7. The number of benzene rings is 2. The zero-order valence-corrected chi connectivity index (χ0v) is 16.4. The predicted molar refractivity (Wildman–Crippen MR) is 111 cm³/mol. The van der Waals surface area contributed by atoms with Crippen molar-refractivity contribution in [2.45, 2.75) is 6.04 Å². The Kier molecular flexibility index (Phi) is 6.28. The van der Waals surface area contributed by atoms with Gasteiger partial charge in [-0.3, -0.25) is 9.69 Å². The highest BCUT2D eigenvalue weighted by atomic mass is 32.2. The van der Waals surface area contributed by atoms with E-state index in [0.717, 1.165) is 22.2 Å². The summed E-state index contributed by atoms with van der Waals surface area (Å²) in [6, 6.07) is 14.3. The number of rotatable bonds is 7. The lowest BCUT2D eigenvalue weighted by Crippen LogP contribution is -2.43. The normalized spacial score (nSPS) is 16.3. The molecule has 0 N–H and O–H groups in total. The molecule has 3 rings (SSSR count). The van der Waals surface area contributed by atoms with E-state index in [1.54, 1.807) is 66.7 Å². The first-order valence-corrected chi connectivity index (χ1v) is 9.60. The van der Waals surface area contributed by atoms with Crippen LogP contribution >= 0.6 is 24.0 Å². The first-order chi connectivity index (χ1) is 13.5. The summed E-state index contributed by atoms with van der Waals surface area (Å²) < 4.78 is 5.61. The fraction of sp³-hybridized carbons (Fsp3) is 0.0952. The van der Waals surface area contributed by atoms with Gasteiger partial charge in [0.25, 0.3) is 5.91 Å². The largest absolute Gasteiger partial charge is 0.547 e. The second-order valence-corrected chi connectivity index (χ2v) is 7.53. The molecule has 1 amide bonds. The third-order valence-electron chi connectivity index (χ3n) is 3.97. The maximum atomic E-state index is 12.9. The van der Waals surface area contributed by atoms with E-state index in [0.29, 0.717) is 22.8 Å². The monoisotopic (exact) mass is 410 g/mol. The number of thioether (sulfide) groups is 1. The number of nitrogens with zero attached hydrogens (tertiary/aromatic N) is 1. The molecule has 5 nitrogen and oxygen atoms in total. The van der Waals surface area contributed by atoms with E-state index in [4.69, 9.17) is 17.0 Å². The van der Waals surface area contributed by atoms with Crippen LogP contribution in [-0.4, -0.2) is 27.7 Å². The van der Waals surface area contributed by atoms with E-state index in [9.17, 15) is 14.7 Å². The summed E-state index contributed by atoms with van der Waals surface area (Å²) in [7, 11) is 0. The van der Waals surface area contributed by atoms with Crippen molar-refractivity contribution in [3.8, 4) is 5.75 Å². The van der Waals surface area contributed by atoms with E-state index in [1.165, 1.54) is 0 Å². The molecule has 1 aliphatic rings. The second-order valence-electron chi connectivity index (χ2n) is 5.85. The fourth-order valence-corrected chi connectivity index (χ4v) is 4.01. The highest BCUT2D eigenvalue weighted by Crippen LogP contribution is 2.38. The van der Waals surface area contributed by atoms with Crippen LogP contribution in [0, 0.1) is 0 Å². The molecule has 0 bridgehead atoms. The van der Waals surface area contributed by atoms with Crippen molar-refractivity contribution in [3.63, 3.8) is 0 Å². The standard InChI is InChI=1S/C21H17NO4S2/c1-2-12-26-16-10-8-14(9-11-16)13-17-19(23)22(21(27)28-17)18(20(24)25)15-6-4-3-5-7-15/h2-11,13,18H,1,12H2,(H,24,25)/p-1/b17-13-/t18-/m0/s1. The van der Waals surface area contributed by atoms with Gasteiger partial charge in [0, 0.05) is 0 Å². The number of carbonyl (C=O) groups excluding carboxylic acids is 2. The summed E-state index contributed by atoms with van der Waals surface area (Å²) in [5.41, 5.74) is 1.21. The van der Waals surface area contributed by atoms with E-state index < -0.39 is 17.9 Å². The van der Waals surface area contributed by atoms with E-state index in [2.05, 4.69) is 6.58 Å². The Labute approximate surface area is 172 Å². The lowest BCUT2D eigenvalue weighted by molar-refractivity contribution is -0.310. The third-order valence-corrected chi connectivity index (χ3v) is 5.30. The van der Waals surface area contributed by atoms with Gasteiger partial charge in [0.05, 0.1) is 10.9 Å². The molecule has 0 unspecified atom stereocenters. The Hall–Kier alpha value is -2.90. The minimum absolute atomic E-state index is 0.181. The van der Waals surface area contributed by atoms with Crippen molar-refractivity contribution in [1.82, 2.24) is 4.90 Å². The SMILES string of the molecule is C=CCOc1ccc(/C=C2\SC(=S)N([C@H](C(=O)[O-])c3ccccc3)C2=O)cc1. The number of amides is 1. The number of thiocarbonyl (C=S) groups is 1. The Morgan fingerprint density at radius 3 is 2.50 bits per heavy atom. The van der Waals surface area contributed by atoms with Gasteiger partial charge in [0.1, 0.15) is 22.7 Å². The molecule has 1 heterocycles. The van der Waals surface area contributed by atoms with Gasteiger partial charge in [-0.25, -0.2) is 0 Å². The van der Waals surface area contributed by atoms with Crippen molar-refractivity contribution < 1.29 is 19.4 Å². The first kappa shape index (κ1) is 19.9. The fourth-order valence-electron chi connectivity index (χ4n) is 2.70. The van der Waals surface area contributed by atoms with Crippen LogP contribution in [-0.2, 0) is 9.59 Å². The molecule has 0 aliphatic carbocycles. The molecule has 0 spiro atoms. The van der Waals surface area contributed by atoms with Gasteiger partial charge in [-0.2, -0.15) is 0 Å². The number of carbonyl (C=O) groups is 2. The average molecular weight is 410 g/mol. The van der Waals surface area contributed by atoms with E-state index >= 15 is 0 Å². The molecular weight excluding hydrogens is 394 g/mol. The molecule has 2 aromatic carbocycles. The molecule has 142 valence electrons. The second kappa shape index (κ2) is 8.86. The molecule has 0 aromatic heterocycles. The molecular formula is C21H16NO4S2-. The van der Waals surface area contributed by atoms with Crippen LogP contribution < -0.4 is 9.84 Å². The number of ether oxygens (including phenoxy) is 1. The third kappa shape index (κ3) is 4.32. The topological polar surface area (TPSA) is 69.7 Å². The van der Waals surface area contributed by atoms with Gasteiger partial charge in [-0.15, -0.1) is 0 Å². The summed E-state index contributed by atoms with van der Waals surface area (Å²) in [6.07, 6.45) is 3.33. The number of carboxylic acid groups (broad SMARTS) is 1. The maximum absolute atomic E-state index is 12.9. The van der Waals surface area contributed by atoms with E-state index in [-0.39, 0.29) is 4.32 Å². The van der Waals surface area contributed by atoms with Crippen LogP contribution in [0.4, 0.5) is 0 Å². The summed E-state index contributed by atoms with van der Waals surface area (Å²) in [5, 5.41) is 11.8. The van der Waals surface area contributed by atoms with Crippen LogP contribution in [0.15, 0.2) is 72.2 Å². The summed E-state index contributed by atoms with van der Waals surface area (Å²) in [5.74, 6) is -1.15. The highest BCUT2D eigenvalue weighted by Gasteiger charge is 2.38. The van der Waals surface area contributed by atoms with Gasteiger partial charge in [-0.05, 0) is 29.3 Å². The quantitative estimate of drug-likeness (QED) is 0.397. The molecule has 0 saturated carbocycles. The number of hydrogen-bond donors (Lipinski definition) is 0. The van der Waals surface area contributed by atoms with Crippen molar-refractivity contribution in [2.24, 2.45) is 0 Å². The number of carboxylic acids is 1. The molecule has 0 radical (unpaired) electrons. The summed E-state index contributed by atoms with van der Waals surface area (Å²) in [4.78, 5) is 26.1. The Bertz CT molecular complexity index is 939. The minimum atomic E-state index is -1.38. The smallest absolute Gasteiger partial charge is 0.267 e. The summed E-state index contributed by atoms with van der Waals surface area (Å²) in [6.45, 7) is 4.00. The average Bonchev–Trinajstić information content (AvgIpc) is 2.96. The Morgan fingerprint density at radius 2 is 1.89 bits per heavy atom. The number of aliphatic carboxylic acids is 1. The van der Waals surface area contributed by atoms with Gasteiger partial charge < -0.3 is 14.6 Å². The predicted octanol–water partition coefficient (Wildman–Crippen LogP) is 2.94. The maximum Gasteiger partial charge on any atom is 0.267 e. The van der Waals surface area contributed by atoms with Gasteiger partial charge in [0.2, 0.25) is 0 Å². The molecule has 1 aliphatic heterocycles. The molecule has 28 heavy (non-hydrogen) atoms. The molecule has 7 heteroatoms. The Balaban J connectivity index is 1.85. The van der Waals surface area contributed by atoms with Crippen molar-refractivity contribution in [2.75, 3.05) is 6.61 Å². The molecule has 1 saturated heterocycles. The number of hydrogen-bond acceptors (Lipinski definition) is 6. The molecule has 2 aromatic rings. The van der Waals surface area contributed by atoms with Crippen LogP contribution in [0.2, 0.25) is 0 Å². The van der Waals surface area contributed by atoms with Crippen LogP contribution in [0.25, 0.3) is 6.08 Å². The Morgan fingerprint density at radius 1 is 1.21 bits per heavy atom. The lowest BCUT2D eigenvalue weighted by atomic mass is 10.1. The molecule has 1 fully saturated rings. The minimum Gasteiger partial charge on any atom is -0.547 e. The van der Waals surface area contributed by atoms with Crippen LogP contribution in [0.5, 0.6) is 5.75 Å².